The van der Waals surface area contributed by atoms with Gasteiger partial charge in [0.2, 0.25) is 11.7 Å². The Hall–Kier alpha value is -3.34. The third-order valence-electron chi connectivity index (χ3n) is 6.96. The highest BCUT2D eigenvalue weighted by Crippen LogP contribution is 2.38. The number of hydrogen-bond acceptors (Lipinski definition) is 3. The highest BCUT2D eigenvalue weighted by molar-refractivity contribution is 6.10. The summed E-state index contributed by atoms with van der Waals surface area (Å²) < 4.78 is 21.9. The topological polar surface area (TPSA) is 42.8 Å². The summed E-state index contributed by atoms with van der Waals surface area (Å²) in [7, 11) is 2.01. The van der Waals surface area contributed by atoms with Crippen LogP contribution in [-0.2, 0) is 13.5 Å². The van der Waals surface area contributed by atoms with Crippen molar-refractivity contribution in [3.63, 3.8) is 0 Å². The SMILES string of the molecule is Cc1ccc2c(oc3nc(F)ccc32)c1-c1c2ccc(CC3CCCC3)cc2nc[n+]1C. The van der Waals surface area contributed by atoms with Crippen molar-refractivity contribution in [2.75, 3.05) is 0 Å². The Bertz CT molecular complexity index is 1500. The Morgan fingerprint density at radius 2 is 1.81 bits per heavy atom. The largest absolute Gasteiger partial charge is 0.437 e. The van der Waals surface area contributed by atoms with Gasteiger partial charge < -0.3 is 4.42 Å². The molecule has 3 heterocycles. The monoisotopic (exact) mass is 426 g/mol. The first-order chi connectivity index (χ1) is 15.6. The number of hydrogen-bond donors (Lipinski definition) is 0. The highest BCUT2D eigenvalue weighted by Gasteiger charge is 2.23. The van der Waals surface area contributed by atoms with Crippen LogP contribution in [0.5, 0.6) is 0 Å². The summed E-state index contributed by atoms with van der Waals surface area (Å²) in [4.78, 5) is 8.71. The maximum atomic E-state index is 13.7. The van der Waals surface area contributed by atoms with Gasteiger partial charge in [-0.2, -0.15) is 9.37 Å². The third-order valence-corrected chi connectivity index (χ3v) is 6.96. The molecular formula is C27H25FN3O+. The van der Waals surface area contributed by atoms with Gasteiger partial charge in [-0.05, 0) is 59.6 Å². The second-order valence-electron chi connectivity index (χ2n) is 9.13. The first-order valence-corrected chi connectivity index (χ1v) is 11.3. The van der Waals surface area contributed by atoms with Gasteiger partial charge in [-0.3, -0.25) is 0 Å². The van der Waals surface area contributed by atoms with Gasteiger partial charge in [-0.15, -0.1) is 0 Å². The summed E-state index contributed by atoms with van der Waals surface area (Å²) in [5, 5.41) is 2.85. The maximum absolute atomic E-state index is 13.7. The predicted molar refractivity (Wildman–Crippen MR) is 124 cm³/mol. The van der Waals surface area contributed by atoms with Crippen LogP contribution < -0.4 is 4.57 Å². The normalized spacial score (nSPS) is 14.8. The van der Waals surface area contributed by atoms with Gasteiger partial charge in [0.15, 0.2) is 5.52 Å². The van der Waals surface area contributed by atoms with Crippen molar-refractivity contribution in [1.29, 1.82) is 0 Å². The summed E-state index contributed by atoms with van der Waals surface area (Å²) in [5.74, 6) is 0.260. The summed E-state index contributed by atoms with van der Waals surface area (Å²) in [6.07, 6.45) is 8.38. The van der Waals surface area contributed by atoms with E-state index in [0.717, 1.165) is 56.4 Å². The van der Waals surface area contributed by atoms with E-state index >= 15 is 0 Å². The minimum Gasteiger partial charge on any atom is -0.437 e. The van der Waals surface area contributed by atoms with Crippen molar-refractivity contribution < 1.29 is 13.4 Å². The standard InChI is InChI=1S/C27H25FN3O/c1-16-7-9-19-20-11-12-23(28)30-27(20)32-26(19)24(16)25-21-10-8-18(13-17-5-3-4-6-17)14-22(21)29-15-31(25)2/h7-12,14-15,17H,3-6,13H2,1-2H3/q+1. The molecule has 0 aliphatic heterocycles. The molecular weight excluding hydrogens is 401 g/mol. The zero-order chi connectivity index (χ0) is 21.8. The summed E-state index contributed by atoms with van der Waals surface area (Å²) in [6.45, 7) is 2.08. The lowest BCUT2D eigenvalue weighted by Gasteiger charge is -2.11. The maximum Gasteiger partial charge on any atom is 0.287 e. The molecule has 1 aliphatic carbocycles. The molecule has 5 aromatic rings. The Labute approximate surface area is 185 Å². The quantitative estimate of drug-likeness (QED) is 0.255. The van der Waals surface area contributed by atoms with Crippen LogP contribution >= 0.6 is 0 Å². The van der Waals surface area contributed by atoms with Gasteiger partial charge in [0.1, 0.15) is 11.3 Å². The van der Waals surface area contributed by atoms with Gasteiger partial charge in [0.25, 0.3) is 6.33 Å². The molecule has 0 spiro atoms. The molecule has 32 heavy (non-hydrogen) atoms. The average molecular weight is 427 g/mol. The molecule has 1 aliphatic rings. The molecule has 3 aromatic heterocycles. The average Bonchev–Trinajstić information content (AvgIpc) is 3.41. The number of benzene rings is 2. The first kappa shape index (κ1) is 19.4. The van der Waals surface area contributed by atoms with Crippen LogP contribution in [0, 0.1) is 18.8 Å². The van der Waals surface area contributed by atoms with E-state index in [2.05, 4.69) is 36.2 Å². The molecule has 1 fully saturated rings. The molecule has 0 bridgehead atoms. The van der Waals surface area contributed by atoms with E-state index in [1.54, 1.807) is 6.07 Å². The van der Waals surface area contributed by atoms with Gasteiger partial charge >= 0.3 is 0 Å². The number of aromatic nitrogens is 3. The summed E-state index contributed by atoms with van der Waals surface area (Å²) >= 11 is 0. The van der Waals surface area contributed by atoms with Crippen LogP contribution in [0.3, 0.4) is 0 Å². The molecule has 4 nitrogen and oxygen atoms in total. The second-order valence-corrected chi connectivity index (χ2v) is 9.13. The minimum absolute atomic E-state index is 0.326. The predicted octanol–water partition coefficient (Wildman–Crippen LogP) is 6.20. The summed E-state index contributed by atoms with van der Waals surface area (Å²) in [5.41, 5.74) is 6.54. The van der Waals surface area contributed by atoms with E-state index < -0.39 is 5.95 Å². The number of fused-ring (bicyclic) bond motifs is 4. The number of halogens is 1. The van der Waals surface area contributed by atoms with E-state index in [0.29, 0.717) is 5.71 Å². The summed E-state index contributed by atoms with van der Waals surface area (Å²) in [6, 6.07) is 13.9. The molecule has 5 heteroatoms. The lowest BCUT2D eigenvalue weighted by molar-refractivity contribution is -0.662. The van der Waals surface area contributed by atoms with Gasteiger partial charge in [0, 0.05) is 10.8 Å². The van der Waals surface area contributed by atoms with E-state index in [-0.39, 0.29) is 0 Å². The van der Waals surface area contributed by atoms with Gasteiger partial charge in [0.05, 0.1) is 18.0 Å². The van der Waals surface area contributed by atoms with E-state index in [4.69, 9.17) is 9.40 Å². The van der Waals surface area contributed by atoms with E-state index in [9.17, 15) is 4.39 Å². The molecule has 0 radical (unpaired) electrons. The van der Waals surface area contributed by atoms with E-state index in [1.807, 2.05) is 24.0 Å². The molecule has 1 saturated carbocycles. The van der Waals surface area contributed by atoms with Gasteiger partial charge in [-0.25, -0.2) is 4.57 Å². The number of aryl methyl sites for hydroxylation is 2. The fraction of sp³-hybridized carbons (Fsp3) is 0.296. The zero-order valence-corrected chi connectivity index (χ0v) is 18.4. The number of furan rings is 1. The van der Waals surface area contributed by atoms with Crippen LogP contribution in [0.2, 0.25) is 0 Å². The third kappa shape index (κ3) is 3.07. The Morgan fingerprint density at radius 1 is 1.03 bits per heavy atom. The molecule has 0 saturated heterocycles. The number of rotatable bonds is 3. The first-order valence-electron chi connectivity index (χ1n) is 11.3. The Balaban J connectivity index is 1.57. The molecule has 0 amide bonds. The Kier molecular flexibility index (Phi) is 4.46. The lowest BCUT2D eigenvalue weighted by atomic mass is 9.95. The highest BCUT2D eigenvalue weighted by atomic mass is 19.1. The van der Waals surface area contributed by atoms with Crippen molar-refractivity contribution in [1.82, 2.24) is 9.97 Å². The van der Waals surface area contributed by atoms with E-state index in [1.165, 1.54) is 37.3 Å². The molecule has 6 rings (SSSR count). The van der Waals surface area contributed by atoms with Crippen molar-refractivity contribution in [3.8, 4) is 11.3 Å². The van der Waals surface area contributed by atoms with Crippen LogP contribution in [0.25, 0.3) is 44.2 Å². The zero-order valence-electron chi connectivity index (χ0n) is 18.4. The fourth-order valence-corrected chi connectivity index (χ4v) is 5.36. The van der Waals surface area contributed by atoms with Crippen LogP contribution in [0.1, 0.15) is 36.8 Å². The van der Waals surface area contributed by atoms with Crippen molar-refractivity contribution in [3.05, 3.63) is 65.9 Å². The number of pyridine rings is 1. The smallest absolute Gasteiger partial charge is 0.287 e. The molecule has 0 N–H and O–H groups in total. The van der Waals surface area contributed by atoms with Crippen LogP contribution in [0.4, 0.5) is 4.39 Å². The molecule has 0 atom stereocenters. The molecule has 2 aromatic carbocycles. The minimum atomic E-state index is -0.537. The van der Waals surface area contributed by atoms with Crippen LogP contribution in [-0.4, -0.2) is 9.97 Å². The van der Waals surface area contributed by atoms with Crippen LogP contribution in [0.15, 0.2) is 53.2 Å². The molecule has 160 valence electrons. The van der Waals surface area contributed by atoms with Crippen molar-refractivity contribution in [2.24, 2.45) is 13.0 Å². The van der Waals surface area contributed by atoms with Gasteiger partial charge in [-0.1, -0.05) is 43.9 Å². The van der Waals surface area contributed by atoms with Crippen molar-refractivity contribution in [2.45, 2.75) is 39.0 Å². The second kappa shape index (κ2) is 7.37. The lowest BCUT2D eigenvalue weighted by Crippen LogP contribution is -2.32. The number of nitrogens with zero attached hydrogens (tertiary/aromatic N) is 3. The Morgan fingerprint density at radius 3 is 2.66 bits per heavy atom. The molecule has 0 unspecified atom stereocenters. The van der Waals surface area contributed by atoms with Crippen molar-refractivity contribution >= 4 is 33.0 Å². The fourth-order valence-electron chi connectivity index (χ4n) is 5.36.